The average Bonchev–Trinajstić information content (AvgIpc) is 2.62. The van der Waals surface area contributed by atoms with Crippen LogP contribution in [0.3, 0.4) is 0 Å². The van der Waals surface area contributed by atoms with Crippen molar-refractivity contribution >= 4 is 12.0 Å². The number of ether oxygens (including phenoxy) is 3. The molecule has 1 heterocycles. The normalized spacial score (nSPS) is 18.9. The first-order chi connectivity index (χ1) is 14.6. The van der Waals surface area contributed by atoms with Crippen LogP contribution in [0.4, 0.5) is 26.3 Å². The summed E-state index contributed by atoms with van der Waals surface area (Å²) in [7, 11) is 0. The Morgan fingerprint density at radius 1 is 1.25 bits per heavy atom. The number of esters is 1. The SMILES string of the molecule is Cc1cc(OC(F)(F)F)cc2c1OC(C(C)OC(=O)CCCO[N+](=O)[O-])(C(F)(F)F)C=C2. The molecule has 1 aliphatic heterocycles. The zero-order valence-electron chi connectivity index (χ0n) is 16.6. The Labute approximate surface area is 176 Å². The van der Waals surface area contributed by atoms with Gasteiger partial charge in [0.2, 0.25) is 0 Å². The van der Waals surface area contributed by atoms with Crippen molar-refractivity contribution in [2.75, 3.05) is 6.61 Å². The van der Waals surface area contributed by atoms with Crippen LogP contribution in [0.25, 0.3) is 6.08 Å². The molecule has 2 atom stereocenters. The number of hydrogen-bond donors (Lipinski definition) is 0. The molecule has 0 amide bonds. The van der Waals surface area contributed by atoms with Gasteiger partial charge in [-0.05, 0) is 44.0 Å². The number of carbonyl (C=O) groups excluding carboxylic acids is 1. The molecule has 0 saturated carbocycles. The second-order valence-electron chi connectivity index (χ2n) is 6.73. The van der Waals surface area contributed by atoms with Crippen molar-refractivity contribution in [3.63, 3.8) is 0 Å². The maximum atomic E-state index is 14.0. The molecule has 0 fully saturated rings. The lowest BCUT2D eigenvalue weighted by Crippen LogP contribution is -2.58. The van der Waals surface area contributed by atoms with E-state index in [4.69, 9.17) is 9.47 Å². The number of aryl methyl sites for hydroxylation is 1. The molecule has 14 heteroatoms. The summed E-state index contributed by atoms with van der Waals surface area (Å²) in [4.78, 5) is 25.9. The monoisotopic (exact) mass is 473 g/mol. The quantitative estimate of drug-likeness (QED) is 0.180. The molecule has 0 saturated heterocycles. The molecule has 178 valence electrons. The van der Waals surface area contributed by atoms with Crippen LogP contribution in [0.2, 0.25) is 0 Å². The molecule has 0 spiro atoms. The molecule has 0 bridgehead atoms. The van der Waals surface area contributed by atoms with Crippen molar-refractivity contribution in [3.05, 3.63) is 39.4 Å². The highest BCUT2D eigenvalue weighted by Crippen LogP contribution is 2.46. The third kappa shape index (κ3) is 5.95. The van der Waals surface area contributed by atoms with Gasteiger partial charge in [0.05, 0.1) is 6.61 Å². The summed E-state index contributed by atoms with van der Waals surface area (Å²) in [6.45, 7) is 1.71. The highest BCUT2D eigenvalue weighted by atomic mass is 19.4. The summed E-state index contributed by atoms with van der Waals surface area (Å²) in [5.41, 5.74) is -3.29. The fraction of sp³-hybridized carbons (Fsp3) is 0.500. The molecule has 0 radical (unpaired) electrons. The lowest BCUT2D eigenvalue weighted by Gasteiger charge is -2.40. The number of hydrogen-bond acceptors (Lipinski definition) is 7. The van der Waals surface area contributed by atoms with Gasteiger partial charge in [-0.25, -0.2) is 0 Å². The Hall–Kier alpha value is -3.19. The maximum Gasteiger partial charge on any atom is 0.573 e. The molecule has 32 heavy (non-hydrogen) atoms. The minimum Gasteiger partial charge on any atom is -0.469 e. The van der Waals surface area contributed by atoms with Gasteiger partial charge in [0.25, 0.3) is 10.7 Å². The Morgan fingerprint density at radius 2 is 1.91 bits per heavy atom. The van der Waals surface area contributed by atoms with Crippen molar-refractivity contribution in [2.45, 2.75) is 50.9 Å². The molecule has 1 aliphatic rings. The van der Waals surface area contributed by atoms with Gasteiger partial charge in [-0.1, -0.05) is 6.08 Å². The van der Waals surface area contributed by atoms with E-state index in [1.54, 1.807) is 0 Å². The van der Waals surface area contributed by atoms with E-state index < -0.39 is 54.1 Å². The van der Waals surface area contributed by atoms with Crippen molar-refractivity contribution in [1.29, 1.82) is 0 Å². The largest absolute Gasteiger partial charge is 0.573 e. The molecule has 2 unspecified atom stereocenters. The number of nitrogens with zero attached hydrogens (tertiary/aromatic N) is 1. The number of fused-ring (bicyclic) bond motifs is 1. The summed E-state index contributed by atoms with van der Waals surface area (Å²) in [5.74, 6) is -2.08. The molecule has 8 nitrogen and oxygen atoms in total. The van der Waals surface area contributed by atoms with Crippen molar-refractivity contribution in [1.82, 2.24) is 0 Å². The molecule has 0 aromatic heterocycles. The second kappa shape index (κ2) is 9.12. The van der Waals surface area contributed by atoms with Gasteiger partial charge in [-0.15, -0.1) is 23.3 Å². The van der Waals surface area contributed by atoms with Crippen molar-refractivity contribution < 1.29 is 55.3 Å². The van der Waals surface area contributed by atoms with Gasteiger partial charge in [-0.2, -0.15) is 13.2 Å². The smallest absolute Gasteiger partial charge is 0.469 e. The number of rotatable bonds is 8. The Morgan fingerprint density at radius 3 is 2.47 bits per heavy atom. The lowest BCUT2D eigenvalue weighted by atomic mass is 9.91. The Balaban J connectivity index is 2.24. The molecule has 0 N–H and O–H groups in total. The van der Waals surface area contributed by atoms with Gasteiger partial charge in [0, 0.05) is 12.0 Å². The third-order valence-electron chi connectivity index (χ3n) is 4.37. The van der Waals surface area contributed by atoms with Crippen LogP contribution in [0.15, 0.2) is 18.2 Å². The third-order valence-corrected chi connectivity index (χ3v) is 4.37. The summed E-state index contributed by atoms with van der Waals surface area (Å²) >= 11 is 0. The van der Waals surface area contributed by atoms with Crippen LogP contribution in [-0.2, 0) is 14.4 Å². The molecule has 2 rings (SSSR count). The van der Waals surface area contributed by atoms with E-state index in [9.17, 15) is 41.3 Å². The minimum atomic E-state index is -5.08. The first-order valence-electron chi connectivity index (χ1n) is 8.97. The number of alkyl halides is 6. The molecular weight excluding hydrogens is 456 g/mol. The summed E-state index contributed by atoms with van der Waals surface area (Å²) in [5, 5.41) is 8.97. The summed E-state index contributed by atoms with van der Waals surface area (Å²) in [6, 6.07) is 1.72. The Bertz CT molecular complexity index is 899. The molecule has 1 aromatic carbocycles. The van der Waals surface area contributed by atoms with E-state index in [1.165, 1.54) is 6.92 Å². The first-order valence-corrected chi connectivity index (χ1v) is 8.97. The van der Waals surface area contributed by atoms with Crippen molar-refractivity contribution in [2.24, 2.45) is 0 Å². The predicted octanol–water partition coefficient (Wildman–Crippen LogP) is 4.52. The van der Waals surface area contributed by atoms with Crippen LogP contribution in [0.5, 0.6) is 11.5 Å². The van der Waals surface area contributed by atoms with Crippen LogP contribution < -0.4 is 9.47 Å². The number of halogens is 6. The zero-order chi connectivity index (χ0) is 24.3. The van der Waals surface area contributed by atoms with E-state index in [-0.39, 0.29) is 23.3 Å². The van der Waals surface area contributed by atoms with Gasteiger partial charge in [0.15, 0.2) is 6.10 Å². The molecule has 1 aromatic rings. The van der Waals surface area contributed by atoms with Gasteiger partial charge < -0.3 is 19.0 Å². The van der Waals surface area contributed by atoms with Crippen LogP contribution in [-0.4, -0.2) is 41.9 Å². The molecular formula is C18H17F6NO7. The van der Waals surface area contributed by atoms with Gasteiger partial charge >= 0.3 is 18.5 Å². The van der Waals surface area contributed by atoms with Crippen LogP contribution >= 0.6 is 0 Å². The molecule has 0 aliphatic carbocycles. The fourth-order valence-electron chi connectivity index (χ4n) is 2.94. The highest BCUT2D eigenvalue weighted by molar-refractivity contribution is 5.70. The predicted molar refractivity (Wildman–Crippen MR) is 94.0 cm³/mol. The zero-order valence-corrected chi connectivity index (χ0v) is 16.6. The van der Waals surface area contributed by atoms with E-state index in [0.717, 1.165) is 25.1 Å². The topological polar surface area (TPSA) is 97.1 Å². The lowest BCUT2D eigenvalue weighted by molar-refractivity contribution is -0.757. The van der Waals surface area contributed by atoms with Crippen LogP contribution in [0, 0.1) is 17.0 Å². The summed E-state index contributed by atoms with van der Waals surface area (Å²) < 4.78 is 93.1. The minimum absolute atomic E-state index is 0.0739. The van der Waals surface area contributed by atoms with Gasteiger partial charge in [0.1, 0.15) is 11.5 Å². The Kier molecular flexibility index (Phi) is 7.15. The van der Waals surface area contributed by atoms with Crippen molar-refractivity contribution in [3.8, 4) is 11.5 Å². The van der Waals surface area contributed by atoms with E-state index in [2.05, 4.69) is 9.57 Å². The fourth-order valence-corrected chi connectivity index (χ4v) is 2.94. The van der Waals surface area contributed by atoms with E-state index in [0.29, 0.717) is 6.08 Å². The van der Waals surface area contributed by atoms with Crippen LogP contribution in [0.1, 0.15) is 30.9 Å². The first kappa shape index (κ1) is 25.1. The van der Waals surface area contributed by atoms with Gasteiger partial charge in [-0.3, -0.25) is 4.79 Å². The summed E-state index contributed by atoms with van der Waals surface area (Å²) in [6.07, 6.45) is -11.2. The number of benzene rings is 1. The number of carbonyl (C=O) groups is 1. The highest BCUT2D eigenvalue weighted by Gasteiger charge is 2.62. The van der Waals surface area contributed by atoms with E-state index in [1.807, 2.05) is 0 Å². The average molecular weight is 473 g/mol. The maximum absolute atomic E-state index is 14.0. The second-order valence-corrected chi connectivity index (χ2v) is 6.73. The standard InChI is InChI=1S/C18H17F6NO7/c1-10-8-13(31-18(22,23)24)9-12-5-6-16(17(19,20)21,32-15(10)12)11(2)30-14(26)4-3-7-29-25(27)28/h5-6,8-9,11H,3-4,7H2,1-2H3. The van der Waals surface area contributed by atoms with E-state index >= 15 is 0 Å².